The lowest BCUT2D eigenvalue weighted by Crippen LogP contribution is -2.50. The summed E-state index contributed by atoms with van der Waals surface area (Å²) in [5.41, 5.74) is 0. The van der Waals surface area contributed by atoms with E-state index in [0.717, 1.165) is 32.4 Å². The lowest BCUT2D eigenvalue weighted by Gasteiger charge is -2.42. The number of nitrogens with zero attached hydrogens (tertiary/aromatic N) is 5. The van der Waals surface area contributed by atoms with Crippen LogP contribution in [0.1, 0.15) is 50.9 Å². The van der Waals surface area contributed by atoms with Gasteiger partial charge in [0.2, 0.25) is 0 Å². The highest BCUT2D eigenvalue weighted by Crippen LogP contribution is 2.40. The first kappa shape index (κ1) is 26.8. The molecular weight excluding hydrogens is 459 g/mol. The maximum Gasteiger partial charge on any atom is 0.323 e. The van der Waals surface area contributed by atoms with Crippen LogP contribution in [-0.4, -0.2) is 80.5 Å². The van der Waals surface area contributed by atoms with E-state index < -0.39 is 12.0 Å². The zero-order valence-electron chi connectivity index (χ0n) is 18.6. The first-order valence-electron chi connectivity index (χ1n) is 11.1. The molecule has 6 atom stereocenters. The number of esters is 1. The molecular formula is C20H34Cl2N6O4. The van der Waals surface area contributed by atoms with Crippen LogP contribution >= 0.6 is 24.8 Å². The number of hydrogen-bond donors (Lipinski definition) is 2. The zero-order valence-corrected chi connectivity index (χ0v) is 20.2. The third-order valence-corrected chi connectivity index (χ3v) is 7.00. The van der Waals surface area contributed by atoms with Gasteiger partial charge in [-0.15, -0.1) is 35.0 Å². The fourth-order valence-corrected chi connectivity index (χ4v) is 5.53. The number of hydrogen-bond acceptors (Lipinski definition) is 8. The number of tetrazole rings is 1. The van der Waals surface area contributed by atoms with Gasteiger partial charge in [-0.3, -0.25) is 14.5 Å². The van der Waals surface area contributed by atoms with Crippen LogP contribution in [0.4, 0.5) is 0 Å². The number of aromatic nitrogens is 4. The van der Waals surface area contributed by atoms with E-state index in [4.69, 9.17) is 4.74 Å². The number of rotatable bonds is 6. The number of carbonyl (C=O) groups is 2. The molecule has 12 heteroatoms. The van der Waals surface area contributed by atoms with Gasteiger partial charge in [0.05, 0.1) is 12.6 Å². The SMILES string of the molecule is CCOC(=O)[C@@H]1C[C@H](n2nnc(C)n2)CN1CC1CC[C@H]2CNC(C(=O)O)CC2C1.Cl.Cl. The van der Waals surface area contributed by atoms with E-state index in [0.29, 0.717) is 49.6 Å². The number of aryl methyl sites for hydroxylation is 1. The highest BCUT2D eigenvalue weighted by atomic mass is 35.5. The molecule has 0 spiro atoms. The number of halogens is 2. The van der Waals surface area contributed by atoms with E-state index >= 15 is 0 Å². The lowest BCUT2D eigenvalue weighted by atomic mass is 9.69. The molecule has 0 amide bonds. The van der Waals surface area contributed by atoms with Gasteiger partial charge in [-0.25, -0.2) is 0 Å². The number of piperidine rings is 1. The molecule has 32 heavy (non-hydrogen) atoms. The number of likely N-dealkylation sites (tertiary alicyclic amines) is 1. The molecule has 3 aliphatic rings. The molecule has 10 nitrogen and oxygen atoms in total. The standard InChI is InChI=1S/C20H32N6O4.2ClH/c1-3-30-20(29)18-8-16(26-23-12(2)22-24-26)11-25(18)10-13-4-5-14-9-21-17(19(27)28)7-15(14)6-13;;/h13-18,21H,3-11H2,1-2H3,(H,27,28);2*1H/t13?,14-,15?,16-,17?,18-;;/m0../s1. The van der Waals surface area contributed by atoms with Crippen molar-refractivity contribution < 1.29 is 19.4 Å². The predicted octanol–water partition coefficient (Wildman–Crippen LogP) is 1.48. The minimum absolute atomic E-state index is 0. The van der Waals surface area contributed by atoms with Gasteiger partial charge in [0.25, 0.3) is 0 Å². The smallest absolute Gasteiger partial charge is 0.323 e. The quantitative estimate of drug-likeness (QED) is 0.568. The molecule has 0 aromatic carbocycles. The van der Waals surface area contributed by atoms with Crippen LogP contribution in [0.3, 0.4) is 0 Å². The maximum atomic E-state index is 12.6. The van der Waals surface area contributed by atoms with Gasteiger partial charge in [0, 0.05) is 13.1 Å². The second-order valence-corrected chi connectivity index (χ2v) is 9.00. The Bertz CT molecular complexity index is 781. The first-order chi connectivity index (χ1) is 14.4. The van der Waals surface area contributed by atoms with Crippen molar-refractivity contribution in [1.29, 1.82) is 0 Å². The summed E-state index contributed by atoms with van der Waals surface area (Å²) in [4.78, 5) is 27.9. The molecule has 1 aromatic rings. The Morgan fingerprint density at radius 2 is 1.97 bits per heavy atom. The van der Waals surface area contributed by atoms with Gasteiger partial charge in [-0.2, -0.15) is 4.80 Å². The number of ether oxygens (including phenoxy) is 1. The third kappa shape index (κ3) is 5.89. The molecule has 182 valence electrons. The average Bonchev–Trinajstić information content (AvgIpc) is 3.34. The molecule has 1 saturated carbocycles. The molecule has 3 fully saturated rings. The van der Waals surface area contributed by atoms with E-state index in [1.165, 1.54) is 0 Å². The van der Waals surface area contributed by atoms with Crippen LogP contribution in [0.15, 0.2) is 0 Å². The summed E-state index contributed by atoms with van der Waals surface area (Å²) in [6.45, 7) is 6.31. The van der Waals surface area contributed by atoms with Crippen LogP contribution in [0, 0.1) is 24.7 Å². The van der Waals surface area contributed by atoms with Gasteiger partial charge in [0.1, 0.15) is 12.1 Å². The maximum absolute atomic E-state index is 12.6. The van der Waals surface area contributed by atoms with E-state index in [9.17, 15) is 14.7 Å². The Labute approximate surface area is 200 Å². The van der Waals surface area contributed by atoms with Crippen LogP contribution < -0.4 is 5.32 Å². The number of aliphatic carboxylic acids is 1. The van der Waals surface area contributed by atoms with Crippen molar-refractivity contribution in [2.45, 2.75) is 64.1 Å². The van der Waals surface area contributed by atoms with Crippen molar-refractivity contribution in [2.75, 3.05) is 26.2 Å². The topological polar surface area (TPSA) is 122 Å². The highest BCUT2D eigenvalue weighted by molar-refractivity contribution is 5.85. The van der Waals surface area contributed by atoms with E-state index in [2.05, 4.69) is 25.6 Å². The highest BCUT2D eigenvalue weighted by Gasteiger charge is 2.43. The number of fused-ring (bicyclic) bond motifs is 1. The van der Waals surface area contributed by atoms with E-state index in [1.807, 2.05) is 6.92 Å². The summed E-state index contributed by atoms with van der Waals surface area (Å²) in [5.74, 6) is 1.14. The minimum Gasteiger partial charge on any atom is -0.480 e. The Morgan fingerprint density at radius 3 is 2.62 bits per heavy atom. The van der Waals surface area contributed by atoms with Gasteiger partial charge >= 0.3 is 11.9 Å². The molecule has 4 rings (SSSR count). The van der Waals surface area contributed by atoms with Crippen molar-refractivity contribution in [1.82, 2.24) is 30.4 Å². The fraction of sp³-hybridized carbons (Fsp3) is 0.850. The molecule has 2 aliphatic heterocycles. The number of carboxylic acids is 1. The average molecular weight is 493 g/mol. The molecule has 1 aliphatic carbocycles. The van der Waals surface area contributed by atoms with Crippen molar-refractivity contribution in [3.05, 3.63) is 5.82 Å². The summed E-state index contributed by atoms with van der Waals surface area (Å²) >= 11 is 0. The fourth-order valence-electron chi connectivity index (χ4n) is 5.53. The Balaban J connectivity index is 0.00000181. The first-order valence-corrected chi connectivity index (χ1v) is 11.1. The van der Waals surface area contributed by atoms with E-state index in [-0.39, 0.29) is 42.9 Å². The lowest BCUT2D eigenvalue weighted by molar-refractivity contribution is -0.149. The molecule has 0 bridgehead atoms. The number of carboxylic acid groups (broad SMARTS) is 1. The van der Waals surface area contributed by atoms with Crippen molar-refractivity contribution in [2.24, 2.45) is 17.8 Å². The van der Waals surface area contributed by atoms with Gasteiger partial charge in [0.15, 0.2) is 5.82 Å². The Hall–Kier alpha value is -1.49. The van der Waals surface area contributed by atoms with Gasteiger partial charge in [-0.05, 0) is 75.5 Å². The second-order valence-electron chi connectivity index (χ2n) is 9.00. The molecule has 3 unspecified atom stereocenters. The Morgan fingerprint density at radius 1 is 1.19 bits per heavy atom. The second kappa shape index (κ2) is 11.6. The molecule has 2 N–H and O–H groups in total. The van der Waals surface area contributed by atoms with Crippen LogP contribution in [-0.2, 0) is 14.3 Å². The predicted molar refractivity (Wildman–Crippen MR) is 121 cm³/mol. The monoisotopic (exact) mass is 492 g/mol. The minimum atomic E-state index is -0.754. The Kier molecular flexibility index (Phi) is 9.68. The number of nitrogens with one attached hydrogen (secondary N) is 1. The molecule has 0 radical (unpaired) electrons. The van der Waals surface area contributed by atoms with Crippen molar-refractivity contribution in [3.8, 4) is 0 Å². The van der Waals surface area contributed by atoms with E-state index in [1.54, 1.807) is 11.7 Å². The third-order valence-electron chi connectivity index (χ3n) is 7.00. The number of carbonyl (C=O) groups excluding carboxylic acids is 1. The van der Waals surface area contributed by atoms with Crippen LogP contribution in [0.2, 0.25) is 0 Å². The largest absolute Gasteiger partial charge is 0.480 e. The molecule has 1 aromatic heterocycles. The zero-order chi connectivity index (χ0) is 21.3. The van der Waals surface area contributed by atoms with Crippen molar-refractivity contribution >= 4 is 36.8 Å². The summed E-state index contributed by atoms with van der Waals surface area (Å²) < 4.78 is 5.34. The molecule has 3 heterocycles. The van der Waals surface area contributed by atoms with Crippen LogP contribution in [0.5, 0.6) is 0 Å². The van der Waals surface area contributed by atoms with Gasteiger partial charge < -0.3 is 15.2 Å². The normalized spacial score (nSPS) is 32.3. The van der Waals surface area contributed by atoms with Crippen LogP contribution in [0.25, 0.3) is 0 Å². The van der Waals surface area contributed by atoms with Gasteiger partial charge in [-0.1, -0.05) is 0 Å². The summed E-state index contributed by atoms with van der Waals surface area (Å²) in [5, 5.41) is 25.0. The summed E-state index contributed by atoms with van der Waals surface area (Å²) in [6, 6.07) is -0.721. The van der Waals surface area contributed by atoms with Crippen molar-refractivity contribution in [3.63, 3.8) is 0 Å². The molecule has 2 saturated heterocycles. The summed E-state index contributed by atoms with van der Waals surface area (Å²) in [7, 11) is 0. The summed E-state index contributed by atoms with van der Waals surface area (Å²) in [6.07, 6.45) is 4.56.